The molecule has 1 atom stereocenters. The van der Waals surface area contributed by atoms with Crippen LogP contribution in [-0.4, -0.2) is 56.3 Å². The fourth-order valence-electron chi connectivity index (χ4n) is 2.76. The summed E-state index contributed by atoms with van der Waals surface area (Å²) >= 11 is 8.08. The SMILES string of the molecule is CN(CC(O)c1ccc(O)cc1)C(=O)CCN1C(=O)C(=Cc2cccs2)SC1=S. The lowest BCUT2D eigenvalue weighted by Crippen LogP contribution is -2.36. The summed E-state index contributed by atoms with van der Waals surface area (Å²) in [5.41, 5.74) is 0.609. The molecule has 0 saturated carbocycles. The summed E-state index contributed by atoms with van der Waals surface area (Å²) in [5.74, 6) is -0.269. The number of amides is 2. The number of likely N-dealkylation sites (N-methyl/N-ethyl adjacent to an activating group) is 1. The van der Waals surface area contributed by atoms with Gasteiger partial charge in [-0.1, -0.05) is 42.2 Å². The summed E-state index contributed by atoms with van der Waals surface area (Å²) in [6.07, 6.45) is 1.05. The number of benzene rings is 1. The van der Waals surface area contributed by atoms with Crippen molar-refractivity contribution in [3.63, 3.8) is 0 Å². The zero-order chi connectivity index (χ0) is 21.0. The monoisotopic (exact) mass is 448 g/mol. The van der Waals surface area contributed by atoms with Crippen LogP contribution in [0.25, 0.3) is 6.08 Å². The Morgan fingerprint density at radius 3 is 2.69 bits per heavy atom. The fraction of sp³-hybridized carbons (Fsp3) is 0.250. The molecule has 29 heavy (non-hydrogen) atoms. The number of thiocarbonyl (C=S) groups is 1. The maximum atomic E-state index is 12.6. The maximum absolute atomic E-state index is 12.6. The van der Waals surface area contributed by atoms with Crippen LogP contribution in [0.15, 0.2) is 46.7 Å². The van der Waals surface area contributed by atoms with E-state index in [1.165, 1.54) is 45.0 Å². The van der Waals surface area contributed by atoms with Gasteiger partial charge in [0, 0.05) is 24.9 Å². The Balaban J connectivity index is 1.53. The van der Waals surface area contributed by atoms with Crippen molar-refractivity contribution in [1.29, 1.82) is 0 Å². The second kappa shape index (κ2) is 9.53. The van der Waals surface area contributed by atoms with Crippen LogP contribution in [0, 0.1) is 0 Å². The average Bonchev–Trinajstić information content (AvgIpc) is 3.29. The molecule has 2 amide bonds. The Morgan fingerprint density at radius 1 is 1.31 bits per heavy atom. The molecule has 6 nitrogen and oxygen atoms in total. The Hall–Kier alpha value is -2.20. The van der Waals surface area contributed by atoms with Crippen molar-refractivity contribution in [3.05, 3.63) is 57.1 Å². The van der Waals surface area contributed by atoms with Crippen LogP contribution in [0.2, 0.25) is 0 Å². The molecule has 1 aliphatic rings. The Bertz CT molecular complexity index is 926. The van der Waals surface area contributed by atoms with Gasteiger partial charge in [-0.25, -0.2) is 0 Å². The Kier molecular flexibility index (Phi) is 7.07. The first-order valence-electron chi connectivity index (χ1n) is 8.85. The average molecular weight is 449 g/mol. The third kappa shape index (κ3) is 5.45. The third-order valence-electron chi connectivity index (χ3n) is 4.39. The molecular weight excluding hydrogens is 428 g/mol. The molecule has 1 fully saturated rings. The molecule has 0 bridgehead atoms. The van der Waals surface area contributed by atoms with Crippen LogP contribution in [0.1, 0.15) is 23.0 Å². The van der Waals surface area contributed by atoms with E-state index < -0.39 is 6.10 Å². The highest BCUT2D eigenvalue weighted by Gasteiger charge is 2.32. The molecule has 2 heterocycles. The van der Waals surface area contributed by atoms with E-state index in [9.17, 15) is 19.8 Å². The number of thioether (sulfide) groups is 1. The van der Waals surface area contributed by atoms with E-state index in [-0.39, 0.29) is 37.1 Å². The number of hydrogen-bond donors (Lipinski definition) is 2. The molecule has 0 radical (unpaired) electrons. The molecule has 1 aliphatic heterocycles. The molecule has 3 rings (SSSR count). The Morgan fingerprint density at radius 2 is 2.03 bits per heavy atom. The van der Waals surface area contributed by atoms with Crippen molar-refractivity contribution in [2.24, 2.45) is 0 Å². The van der Waals surface area contributed by atoms with E-state index in [1.807, 2.05) is 23.6 Å². The number of thiophene rings is 1. The highest BCUT2D eigenvalue weighted by atomic mass is 32.2. The van der Waals surface area contributed by atoms with Gasteiger partial charge >= 0.3 is 0 Å². The molecule has 2 aromatic rings. The Labute approximate surface area is 182 Å². The third-order valence-corrected chi connectivity index (χ3v) is 6.59. The molecule has 9 heteroatoms. The van der Waals surface area contributed by atoms with E-state index in [2.05, 4.69) is 0 Å². The van der Waals surface area contributed by atoms with Gasteiger partial charge in [-0.15, -0.1) is 11.3 Å². The molecule has 0 aliphatic carbocycles. The maximum Gasteiger partial charge on any atom is 0.266 e. The van der Waals surface area contributed by atoms with E-state index in [1.54, 1.807) is 19.2 Å². The summed E-state index contributed by atoms with van der Waals surface area (Å²) in [6, 6.07) is 10.0. The molecule has 0 spiro atoms. The van der Waals surface area contributed by atoms with E-state index in [0.717, 1.165) is 4.88 Å². The van der Waals surface area contributed by atoms with E-state index in [4.69, 9.17) is 12.2 Å². The van der Waals surface area contributed by atoms with Crippen molar-refractivity contribution < 1.29 is 19.8 Å². The lowest BCUT2D eigenvalue weighted by molar-refractivity contribution is -0.131. The zero-order valence-electron chi connectivity index (χ0n) is 15.6. The summed E-state index contributed by atoms with van der Waals surface area (Å²) < 4.78 is 0.442. The molecule has 152 valence electrons. The molecule has 1 aromatic heterocycles. The molecule has 1 saturated heterocycles. The molecular formula is C20H20N2O4S3. The number of phenolic OH excluding ortho intramolecular Hbond substituents is 1. The second-order valence-corrected chi connectivity index (χ2v) is 9.14. The normalized spacial score (nSPS) is 16.5. The zero-order valence-corrected chi connectivity index (χ0v) is 18.1. The number of carbonyl (C=O) groups excluding carboxylic acids is 2. The number of hydrogen-bond acceptors (Lipinski definition) is 7. The molecule has 1 aromatic carbocycles. The quantitative estimate of drug-likeness (QED) is 0.500. The number of aliphatic hydroxyl groups excluding tert-OH is 1. The number of carbonyl (C=O) groups is 2. The number of aliphatic hydroxyl groups is 1. The summed E-state index contributed by atoms with van der Waals surface area (Å²) in [6.45, 7) is 0.311. The number of aromatic hydroxyl groups is 1. The van der Waals surface area contributed by atoms with Crippen molar-refractivity contribution in [1.82, 2.24) is 9.80 Å². The van der Waals surface area contributed by atoms with Crippen LogP contribution in [0.3, 0.4) is 0 Å². The van der Waals surface area contributed by atoms with Crippen molar-refractivity contribution in [2.75, 3.05) is 20.1 Å². The van der Waals surface area contributed by atoms with Crippen molar-refractivity contribution in [3.8, 4) is 5.75 Å². The van der Waals surface area contributed by atoms with Gasteiger partial charge in [-0.05, 0) is 35.2 Å². The van der Waals surface area contributed by atoms with Crippen molar-refractivity contribution >= 4 is 57.5 Å². The van der Waals surface area contributed by atoms with Gasteiger partial charge in [0.25, 0.3) is 5.91 Å². The second-order valence-electron chi connectivity index (χ2n) is 6.48. The van der Waals surface area contributed by atoms with E-state index >= 15 is 0 Å². The minimum Gasteiger partial charge on any atom is -0.508 e. The largest absolute Gasteiger partial charge is 0.508 e. The van der Waals surface area contributed by atoms with Gasteiger partial charge < -0.3 is 15.1 Å². The van der Waals surface area contributed by atoms with Crippen molar-refractivity contribution in [2.45, 2.75) is 12.5 Å². The highest BCUT2D eigenvalue weighted by molar-refractivity contribution is 8.26. The topological polar surface area (TPSA) is 81.1 Å². The first-order chi connectivity index (χ1) is 13.8. The van der Waals surface area contributed by atoms with Gasteiger partial charge in [0.15, 0.2) is 0 Å². The van der Waals surface area contributed by atoms with Gasteiger partial charge in [0.1, 0.15) is 10.1 Å². The summed E-state index contributed by atoms with van der Waals surface area (Å²) in [7, 11) is 1.60. The van der Waals surface area contributed by atoms with Gasteiger partial charge in [0.2, 0.25) is 5.91 Å². The fourth-order valence-corrected chi connectivity index (χ4v) is 4.79. The summed E-state index contributed by atoms with van der Waals surface area (Å²) in [4.78, 5) is 29.4. The van der Waals surface area contributed by atoms with Gasteiger partial charge in [-0.2, -0.15) is 0 Å². The summed E-state index contributed by atoms with van der Waals surface area (Å²) in [5, 5.41) is 21.5. The van der Waals surface area contributed by atoms with Crippen LogP contribution in [0.4, 0.5) is 0 Å². The van der Waals surface area contributed by atoms with Crippen LogP contribution < -0.4 is 0 Å². The predicted octanol–water partition coefficient (Wildman–Crippen LogP) is 3.24. The minimum atomic E-state index is -0.866. The van der Waals surface area contributed by atoms with Gasteiger partial charge in [0.05, 0.1) is 17.6 Å². The standard InChI is InChI=1S/C20H20N2O4S3/c1-21(12-16(24)13-4-6-14(23)7-5-13)18(25)8-9-22-19(26)17(29-20(22)27)11-15-3-2-10-28-15/h2-7,10-11,16,23-24H,8-9,12H2,1H3. The van der Waals surface area contributed by atoms with Gasteiger partial charge in [-0.3, -0.25) is 14.5 Å². The van der Waals surface area contributed by atoms with Crippen LogP contribution >= 0.6 is 35.3 Å². The number of nitrogens with zero attached hydrogens (tertiary/aromatic N) is 2. The first-order valence-corrected chi connectivity index (χ1v) is 11.0. The first kappa shape index (κ1) is 21.5. The van der Waals surface area contributed by atoms with E-state index in [0.29, 0.717) is 14.8 Å². The molecule has 2 N–H and O–H groups in total. The lowest BCUT2D eigenvalue weighted by Gasteiger charge is -2.22. The van der Waals surface area contributed by atoms with Crippen LogP contribution in [0.5, 0.6) is 5.75 Å². The minimum absolute atomic E-state index is 0.109. The lowest BCUT2D eigenvalue weighted by atomic mass is 10.1. The number of rotatable bonds is 7. The van der Waals surface area contributed by atoms with Crippen LogP contribution in [-0.2, 0) is 9.59 Å². The predicted molar refractivity (Wildman–Crippen MR) is 120 cm³/mol. The highest BCUT2D eigenvalue weighted by Crippen LogP contribution is 2.33. The smallest absolute Gasteiger partial charge is 0.266 e. The molecule has 1 unspecified atom stereocenters. The number of phenols is 1.